The van der Waals surface area contributed by atoms with Crippen molar-refractivity contribution in [3.8, 4) is 12.3 Å². The molecule has 0 amide bonds. The Labute approximate surface area is 139 Å². The van der Waals surface area contributed by atoms with E-state index in [1.54, 1.807) is 0 Å². The molecule has 0 spiro atoms. The van der Waals surface area contributed by atoms with Gasteiger partial charge in [0.05, 0.1) is 6.10 Å². The SMILES string of the molecule is C#C[C@@H]1CC2C3CCC4=CC(=O)CCC4C3CCC2(CC)C1O. The van der Waals surface area contributed by atoms with Crippen molar-refractivity contribution in [1.29, 1.82) is 0 Å². The van der Waals surface area contributed by atoms with Crippen LogP contribution in [0, 0.1) is 47.3 Å². The van der Waals surface area contributed by atoms with Gasteiger partial charge in [-0.1, -0.05) is 12.5 Å². The van der Waals surface area contributed by atoms with Gasteiger partial charge in [-0.15, -0.1) is 12.3 Å². The molecule has 2 nitrogen and oxygen atoms in total. The maximum atomic E-state index is 11.8. The maximum absolute atomic E-state index is 11.8. The number of carbonyl (C=O) groups excluding carboxylic acids is 1. The second-order valence-electron chi connectivity index (χ2n) is 8.38. The van der Waals surface area contributed by atoms with E-state index < -0.39 is 0 Å². The van der Waals surface area contributed by atoms with Crippen molar-refractivity contribution in [3.63, 3.8) is 0 Å². The number of hydrogen-bond acceptors (Lipinski definition) is 2. The Kier molecular flexibility index (Phi) is 3.69. The summed E-state index contributed by atoms with van der Waals surface area (Å²) in [6, 6.07) is 0. The summed E-state index contributed by atoms with van der Waals surface area (Å²) < 4.78 is 0. The molecule has 0 aromatic heterocycles. The molecule has 2 heteroatoms. The second-order valence-corrected chi connectivity index (χ2v) is 8.38. The fraction of sp³-hybridized carbons (Fsp3) is 0.762. The fourth-order valence-corrected chi connectivity index (χ4v) is 6.81. The Morgan fingerprint density at radius 1 is 1.30 bits per heavy atom. The van der Waals surface area contributed by atoms with Gasteiger partial charge in [0.1, 0.15) is 0 Å². The number of carbonyl (C=O) groups is 1. The maximum Gasteiger partial charge on any atom is 0.155 e. The van der Waals surface area contributed by atoms with E-state index in [1.165, 1.54) is 18.4 Å². The van der Waals surface area contributed by atoms with Crippen LogP contribution in [0.5, 0.6) is 0 Å². The number of allylic oxidation sites excluding steroid dienone is 1. The van der Waals surface area contributed by atoms with Crippen LogP contribution < -0.4 is 0 Å². The third-order valence-electron chi connectivity index (χ3n) is 7.91. The Morgan fingerprint density at radius 2 is 2.13 bits per heavy atom. The van der Waals surface area contributed by atoms with E-state index in [4.69, 9.17) is 6.42 Å². The molecule has 6 unspecified atom stereocenters. The average Bonchev–Trinajstić information content (AvgIpc) is 2.87. The van der Waals surface area contributed by atoms with Crippen molar-refractivity contribution in [2.24, 2.45) is 35.0 Å². The van der Waals surface area contributed by atoms with Crippen LogP contribution in [-0.2, 0) is 4.79 Å². The second kappa shape index (κ2) is 5.49. The van der Waals surface area contributed by atoms with Crippen LogP contribution in [-0.4, -0.2) is 17.0 Å². The standard InChI is InChI=1S/C21H28O2/c1-3-13-12-19-18-7-5-14-11-15(22)6-8-16(14)17(18)9-10-21(19,4-2)20(13)23/h1,11,13,16-20,23H,4-10,12H2,2H3/t13-,16?,17?,18?,19?,20?,21?/m1/s1. The van der Waals surface area contributed by atoms with Crippen LogP contribution in [0.3, 0.4) is 0 Å². The molecule has 7 atom stereocenters. The summed E-state index contributed by atoms with van der Waals surface area (Å²) in [5.74, 6) is 5.89. The van der Waals surface area contributed by atoms with Gasteiger partial charge in [0.2, 0.25) is 0 Å². The first-order valence-electron chi connectivity index (χ1n) is 9.48. The van der Waals surface area contributed by atoms with Crippen LogP contribution in [0.15, 0.2) is 11.6 Å². The van der Waals surface area contributed by atoms with Gasteiger partial charge in [-0.05, 0) is 74.7 Å². The summed E-state index contributed by atoms with van der Waals surface area (Å²) in [4.78, 5) is 11.8. The molecule has 4 rings (SSSR count). The van der Waals surface area contributed by atoms with Crippen molar-refractivity contribution in [2.75, 3.05) is 0 Å². The Hall–Kier alpha value is -1.07. The van der Waals surface area contributed by atoms with Crippen molar-refractivity contribution in [2.45, 2.75) is 64.4 Å². The highest BCUT2D eigenvalue weighted by atomic mass is 16.3. The minimum Gasteiger partial charge on any atom is -0.391 e. The van der Waals surface area contributed by atoms with Crippen LogP contribution in [0.25, 0.3) is 0 Å². The molecule has 0 radical (unpaired) electrons. The summed E-state index contributed by atoms with van der Waals surface area (Å²) in [5.41, 5.74) is 1.49. The summed E-state index contributed by atoms with van der Waals surface area (Å²) in [5, 5.41) is 10.9. The highest BCUT2D eigenvalue weighted by Gasteiger charge is 2.60. The van der Waals surface area contributed by atoms with E-state index in [0.717, 1.165) is 44.4 Å². The predicted octanol–water partition coefficient (Wildman–Crippen LogP) is 3.74. The van der Waals surface area contributed by atoms with E-state index in [0.29, 0.717) is 23.5 Å². The van der Waals surface area contributed by atoms with Crippen LogP contribution in [0.4, 0.5) is 0 Å². The zero-order valence-corrected chi connectivity index (χ0v) is 14.1. The number of aliphatic hydroxyl groups is 1. The monoisotopic (exact) mass is 312 g/mol. The summed E-state index contributed by atoms with van der Waals surface area (Å²) in [7, 11) is 0. The Bertz CT molecular complexity index is 583. The topological polar surface area (TPSA) is 37.3 Å². The van der Waals surface area contributed by atoms with Gasteiger partial charge in [0.15, 0.2) is 5.78 Å². The molecular weight excluding hydrogens is 284 g/mol. The molecule has 3 fully saturated rings. The van der Waals surface area contributed by atoms with E-state index >= 15 is 0 Å². The summed E-state index contributed by atoms with van der Waals surface area (Å²) in [6.07, 6.45) is 15.8. The number of ketones is 1. The Balaban J connectivity index is 1.66. The van der Waals surface area contributed by atoms with E-state index in [-0.39, 0.29) is 17.4 Å². The third-order valence-corrected chi connectivity index (χ3v) is 7.91. The van der Waals surface area contributed by atoms with Gasteiger partial charge in [-0.25, -0.2) is 0 Å². The molecule has 4 aliphatic rings. The molecule has 1 N–H and O–H groups in total. The van der Waals surface area contributed by atoms with Gasteiger partial charge in [0, 0.05) is 17.8 Å². The quantitative estimate of drug-likeness (QED) is 0.749. The molecule has 0 aliphatic heterocycles. The van der Waals surface area contributed by atoms with Crippen molar-refractivity contribution in [1.82, 2.24) is 0 Å². The lowest BCUT2D eigenvalue weighted by Crippen LogP contribution is -2.49. The zero-order chi connectivity index (χ0) is 16.2. The number of fused-ring (bicyclic) bond motifs is 5. The van der Waals surface area contributed by atoms with E-state index in [2.05, 4.69) is 12.8 Å². The molecule has 0 bridgehead atoms. The minimum absolute atomic E-state index is 0.0450. The first-order valence-corrected chi connectivity index (χ1v) is 9.48. The molecule has 0 saturated heterocycles. The minimum atomic E-state index is -0.312. The fourth-order valence-electron chi connectivity index (χ4n) is 6.81. The van der Waals surface area contributed by atoms with Gasteiger partial charge in [0.25, 0.3) is 0 Å². The van der Waals surface area contributed by atoms with Gasteiger partial charge < -0.3 is 5.11 Å². The molecule has 0 aromatic carbocycles. The van der Waals surface area contributed by atoms with Crippen molar-refractivity contribution in [3.05, 3.63) is 11.6 Å². The first kappa shape index (κ1) is 15.5. The lowest BCUT2D eigenvalue weighted by atomic mass is 9.51. The van der Waals surface area contributed by atoms with Gasteiger partial charge in [-0.2, -0.15) is 0 Å². The number of rotatable bonds is 1. The van der Waals surface area contributed by atoms with Crippen LogP contribution in [0.1, 0.15) is 58.3 Å². The predicted molar refractivity (Wildman–Crippen MR) is 90.4 cm³/mol. The molecular formula is C21H28O2. The lowest BCUT2D eigenvalue weighted by Gasteiger charge is -2.54. The smallest absolute Gasteiger partial charge is 0.155 e. The zero-order valence-electron chi connectivity index (χ0n) is 14.1. The van der Waals surface area contributed by atoms with E-state index in [9.17, 15) is 9.90 Å². The number of hydrogen-bond donors (Lipinski definition) is 1. The molecule has 23 heavy (non-hydrogen) atoms. The van der Waals surface area contributed by atoms with Crippen LogP contribution >= 0.6 is 0 Å². The normalized spacial score (nSPS) is 48.7. The summed E-state index contributed by atoms with van der Waals surface area (Å²) >= 11 is 0. The van der Waals surface area contributed by atoms with Gasteiger partial charge >= 0.3 is 0 Å². The van der Waals surface area contributed by atoms with Gasteiger partial charge in [-0.3, -0.25) is 4.79 Å². The Morgan fingerprint density at radius 3 is 2.87 bits per heavy atom. The summed E-state index contributed by atoms with van der Waals surface area (Å²) in [6.45, 7) is 2.24. The third kappa shape index (κ3) is 2.09. The first-order chi connectivity index (χ1) is 11.1. The molecule has 0 heterocycles. The van der Waals surface area contributed by atoms with E-state index in [1.807, 2.05) is 6.08 Å². The van der Waals surface area contributed by atoms with Crippen molar-refractivity contribution >= 4 is 5.78 Å². The molecule has 3 saturated carbocycles. The highest BCUT2D eigenvalue weighted by molar-refractivity contribution is 5.91. The highest BCUT2D eigenvalue weighted by Crippen LogP contribution is 2.64. The number of aliphatic hydroxyl groups excluding tert-OH is 1. The number of terminal acetylenes is 1. The lowest BCUT2D eigenvalue weighted by molar-refractivity contribution is -0.116. The average molecular weight is 312 g/mol. The largest absolute Gasteiger partial charge is 0.391 e. The molecule has 4 aliphatic carbocycles. The molecule has 0 aromatic rings. The molecule has 124 valence electrons. The van der Waals surface area contributed by atoms with Crippen LogP contribution in [0.2, 0.25) is 0 Å². The van der Waals surface area contributed by atoms with Crippen molar-refractivity contribution < 1.29 is 9.90 Å².